The zero-order valence-corrected chi connectivity index (χ0v) is 17.8. The van der Waals surface area contributed by atoms with Crippen molar-refractivity contribution in [2.24, 2.45) is 5.16 Å². The number of carbonyl (C=O) groups excluding carboxylic acids is 2. The quantitative estimate of drug-likeness (QED) is 0.160. The summed E-state index contributed by atoms with van der Waals surface area (Å²) in [5.41, 5.74) is 2.78. The normalized spacial score (nSPS) is 11.5. The molecule has 154 valence electrons. The van der Waals surface area contributed by atoms with Crippen molar-refractivity contribution in [1.29, 1.82) is 0 Å². The molecule has 4 rings (SSSR count). The van der Waals surface area contributed by atoms with Crippen LogP contribution >= 0.6 is 11.8 Å². The molecule has 6 heteroatoms. The first-order chi connectivity index (χ1) is 15.0. The number of carbonyl (C=O) groups is 2. The molecule has 0 saturated carbocycles. The number of ketones is 1. The van der Waals surface area contributed by atoms with Crippen molar-refractivity contribution in [2.45, 2.75) is 23.6 Å². The number of oxime groups is 1. The molecule has 0 aliphatic rings. The van der Waals surface area contributed by atoms with E-state index in [1.54, 1.807) is 24.8 Å². The number of nitrogens with zero attached hydrogens (tertiary/aromatic N) is 1. The highest BCUT2D eigenvalue weighted by Gasteiger charge is 2.14. The summed E-state index contributed by atoms with van der Waals surface area (Å²) in [6, 6.07) is 24.6. The number of para-hydroxylation sites is 1. The van der Waals surface area contributed by atoms with Crippen molar-refractivity contribution in [3.8, 4) is 0 Å². The topological polar surface area (TPSA) is 68.9 Å². The lowest BCUT2D eigenvalue weighted by Crippen LogP contribution is -1.99. The average molecular weight is 429 g/mol. The van der Waals surface area contributed by atoms with E-state index < -0.39 is 5.97 Å². The predicted octanol–water partition coefficient (Wildman–Crippen LogP) is 6.10. The highest BCUT2D eigenvalue weighted by Crippen LogP contribution is 2.29. The third-order valence-corrected chi connectivity index (χ3v) is 5.60. The minimum atomic E-state index is -0.450. The maximum absolute atomic E-state index is 12.7. The second kappa shape index (κ2) is 9.02. The first-order valence-electron chi connectivity index (χ1n) is 9.63. The van der Waals surface area contributed by atoms with Gasteiger partial charge in [-0.2, -0.15) is 0 Å². The lowest BCUT2D eigenvalue weighted by Gasteiger charge is -2.05. The molecule has 0 spiro atoms. The molecule has 31 heavy (non-hydrogen) atoms. The standard InChI is InChI=1S/C25H19NO4S/c1-16(26-30-17(2)27)18-7-11-21(12-8-18)31-22-13-9-19(10-14-22)25(28)24-15-20-5-3-4-6-23(20)29-24/h3-15H,1-2H3/b26-16+. The highest BCUT2D eigenvalue weighted by molar-refractivity contribution is 7.99. The van der Waals surface area contributed by atoms with E-state index in [1.165, 1.54) is 6.92 Å². The van der Waals surface area contributed by atoms with E-state index in [1.807, 2.05) is 72.8 Å². The molecule has 1 heterocycles. The fraction of sp³-hybridized carbons (Fsp3) is 0.0800. The van der Waals surface area contributed by atoms with Crippen molar-refractivity contribution in [3.05, 3.63) is 95.7 Å². The monoisotopic (exact) mass is 429 g/mol. The summed E-state index contributed by atoms with van der Waals surface area (Å²) in [7, 11) is 0. The minimum absolute atomic E-state index is 0.139. The van der Waals surface area contributed by atoms with Crippen LogP contribution < -0.4 is 0 Å². The maximum Gasteiger partial charge on any atom is 0.331 e. The molecular weight excluding hydrogens is 410 g/mol. The fourth-order valence-electron chi connectivity index (χ4n) is 3.00. The van der Waals surface area contributed by atoms with Gasteiger partial charge in [0.25, 0.3) is 0 Å². The van der Waals surface area contributed by atoms with Crippen LogP contribution in [-0.2, 0) is 9.63 Å². The van der Waals surface area contributed by atoms with Gasteiger partial charge in [0.05, 0.1) is 5.71 Å². The molecule has 0 aliphatic carbocycles. The highest BCUT2D eigenvalue weighted by atomic mass is 32.2. The van der Waals surface area contributed by atoms with E-state index in [4.69, 9.17) is 4.42 Å². The van der Waals surface area contributed by atoms with Crippen molar-refractivity contribution in [1.82, 2.24) is 0 Å². The maximum atomic E-state index is 12.7. The molecule has 0 unspecified atom stereocenters. The molecule has 0 atom stereocenters. The number of rotatable bonds is 6. The molecule has 0 saturated heterocycles. The summed E-state index contributed by atoms with van der Waals surface area (Å²) in [5.74, 6) is -0.253. The van der Waals surface area contributed by atoms with Gasteiger partial charge < -0.3 is 9.25 Å². The second-order valence-electron chi connectivity index (χ2n) is 6.89. The van der Waals surface area contributed by atoms with Crippen LogP contribution in [0.3, 0.4) is 0 Å². The Hall–Kier alpha value is -3.64. The Morgan fingerprint density at radius 1 is 0.839 bits per heavy atom. The Kier molecular flexibility index (Phi) is 6.00. The molecular formula is C25H19NO4S. The van der Waals surface area contributed by atoms with Gasteiger partial charge in [-0.3, -0.25) is 4.79 Å². The predicted molar refractivity (Wildman–Crippen MR) is 121 cm³/mol. The van der Waals surface area contributed by atoms with Gasteiger partial charge in [-0.05, 0) is 61.0 Å². The Balaban J connectivity index is 1.44. The van der Waals surface area contributed by atoms with Gasteiger partial charge >= 0.3 is 5.97 Å². The molecule has 0 radical (unpaired) electrons. The molecule has 0 fully saturated rings. The van der Waals surface area contributed by atoms with E-state index in [0.717, 1.165) is 20.7 Å². The van der Waals surface area contributed by atoms with Gasteiger partial charge in [0.15, 0.2) is 5.76 Å². The fourth-order valence-corrected chi connectivity index (χ4v) is 3.81. The number of furan rings is 1. The summed E-state index contributed by atoms with van der Waals surface area (Å²) >= 11 is 1.59. The zero-order chi connectivity index (χ0) is 21.8. The van der Waals surface area contributed by atoms with Crippen molar-refractivity contribution < 1.29 is 18.8 Å². The first-order valence-corrected chi connectivity index (χ1v) is 10.4. The summed E-state index contributed by atoms with van der Waals surface area (Å²) in [4.78, 5) is 30.3. The van der Waals surface area contributed by atoms with E-state index >= 15 is 0 Å². The summed E-state index contributed by atoms with van der Waals surface area (Å²) in [6.07, 6.45) is 0. The molecule has 0 amide bonds. The molecule has 0 N–H and O–H groups in total. The number of benzene rings is 3. The van der Waals surface area contributed by atoms with E-state index in [9.17, 15) is 9.59 Å². The van der Waals surface area contributed by atoms with E-state index in [2.05, 4.69) is 9.99 Å². The SMILES string of the molecule is CC(=O)O/N=C(\C)c1ccc(Sc2ccc(C(=O)c3cc4ccccc4o3)cc2)cc1. The van der Waals surface area contributed by atoms with E-state index in [0.29, 0.717) is 22.6 Å². The van der Waals surface area contributed by atoms with Crippen LogP contribution in [0, 0.1) is 0 Å². The van der Waals surface area contributed by atoms with Crippen LogP contribution in [0.2, 0.25) is 0 Å². The summed E-state index contributed by atoms with van der Waals surface area (Å²) < 4.78 is 5.68. The molecule has 1 aromatic heterocycles. The lowest BCUT2D eigenvalue weighted by atomic mass is 10.1. The smallest absolute Gasteiger partial charge is 0.331 e. The Morgan fingerprint density at radius 3 is 2.06 bits per heavy atom. The van der Waals surface area contributed by atoms with Gasteiger partial charge in [0.1, 0.15) is 5.58 Å². The zero-order valence-electron chi connectivity index (χ0n) is 17.0. The molecule has 5 nitrogen and oxygen atoms in total. The van der Waals surface area contributed by atoms with Gasteiger partial charge in [-0.25, -0.2) is 4.79 Å². The molecule has 4 aromatic rings. The number of hydrogen-bond acceptors (Lipinski definition) is 6. The van der Waals surface area contributed by atoms with Gasteiger partial charge in [-0.1, -0.05) is 47.2 Å². The van der Waals surface area contributed by atoms with E-state index in [-0.39, 0.29) is 5.78 Å². The summed E-state index contributed by atoms with van der Waals surface area (Å²) in [6.45, 7) is 3.09. The largest absolute Gasteiger partial charge is 0.453 e. The van der Waals surface area contributed by atoms with Crippen molar-refractivity contribution in [2.75, 3.05) is 0 Å². The molecule has 0 aliphatic heterocycles. The van der Waals surface area contributed by atoms with Crippen LogP contribution in [-0.4, -0.2) is 17.5 Å². The van der Waals surface area contributed by atoms with Crippen molar-refractivity contribution >= 4 is 40.2 Å². The van der Waals surface area contributed by atoms with Crippen molar-refractivity contribution in [3.63, 3.8) is 0 Å². The van der Waals surface area contributed by atoms with Gasteiger partial charge in [-0.15, -0.1) is 0 Å². The van der Waals surface area contributed by atoms with Crippen LogP contribution in [0.4, 0.5) is 0 Å². The van der Waals surface area contributed by atoms with Crippen LogP contribution in [0.15, 0.2) is 98.2 Å². The van der Waals surface area contributed by atoms with Gasteiger partial charge in [0.2, 0.25) is 5.78 Å². The minimum Gasteiger partial charge on any atom is -0.453 e. The second-order valence-corrected chi connectivity index (χ2v) is 8.03. The van der Waals surface area contributed by atoms with Crippen LogP contribution in [0.5, 0.6) is 0 Å². The average Bonchev–Trinajstić information content (AvgIpc) is 3.22. The third-order valence-electron chi connectivity index (χ3n) is 4.58. The molecule has 3 aromatic carbocycles. The number of hydrogen-bond donors (Lipinski definition) is 0. The lowest BCUT2D eigenvalue weighted by molar-refractivity contribution is -0.140. The third kappa shape index (κ3) is 4.92. The van der Waals surface area contributed by atoms with Gasteiger partial charge in [0, 0.05) is 27.7 Å². The summed E-state index contributed by atoms with van der Waals surface area (Å²) in [5, 5.41) is 4.70. The van der Waals surface area contributed by atoms with Crippen LogP contribution in [0.1, 0.15) is 35.5 Å². The number of fused-ring (bicyclic) bond motifs is 1. The Morgan fingerprint density at radius 2 is 1.45 bits per heavy atom. The molecule has 0 bridgehead atoms. The first kappa shape index (κ1) is 20.6. The Labute approximate surface area is 183 Å². The van der Waals surface area contributed by atoms with Crippen LogP contribution in [0.25, 0.3) is 11.0 Å². The Bertz CT molecular complexity index is 1240.